The van der Waals surface area contributed by atoms with Gasteiger partial charge in [0.05, 0.1) is 0 Å². The highest BCUT2D eigenvalue weighted by molar-refractivity contribution is 5.86. The smallest absolute Gasteiger partial charge is 0.245 e. The Hall–Kier alpha value is -1.91. The molecule has 0 spiro atoms. The molecule has 1 aromatic rings. The first-order valence-corrected chi connectivity index (χ1v) is 6.57. The molecule has 0 heterocycles. The fourth-order valence-electron chi connectivity index (χ4n) is 1.91. The molecular weight excluding hydrogens is 259 g/mol. The van der Waals surface area contributed by atoms with Crippen LogP contribution in [0.2, 0.25) is 0 Å². The Balaban J connectivity index is 2.73. The minimum Gasteiger partial charge on any atom is -0.344 e. The Morgan fingerprint density at radius 3 is 2.25 bits per heavy atom. The quantitative estimate of drug-likeness (QED) is 0.896. The Morgan fingerprint density at radius 1 is 1.25 bits per heavy atom. The first kappa shape index (κ1) is 16.1. The molecule has 5 heteroatoms. The van der Waals surface area contributed by atoms with Gasteiger partial charge in [-0.25, -0.2) is 4.39 Å². The summed E-state index contributed by atoms with van der Waals surface area (Å²) in [5.41, 5.74) is 0.840. The van der Waals surface area contributed by atoms with E-state index >= 15 is 0 Å². The normalized spacial score (nSPS) is 12.1. The Bertz CT molecular complexity index is 471. The number of amides is 2. The highest BCUT2D eigenvalue weighted by Gasteiger charge is 2.25. The van der Waals surface area contributed by atoms with Crippen molar-refractivity contribution in [2.24, 2.45) is 5.92 Å². The summed E-state index contributed by atoms with van der Waals surface area (Å²) in [7, 11) is 1.67. The number of hydrogen-bond acceptors (Lipinski definition) is 2. The summed E-state index contributed by atoms with van der Waals surface area (Å²) in [6, 6.07) is 5.46. The lowest BCUT2D eigenvalue weighted by molar-refractivity contribution is -0.136. The van der Waals surface area contributed by atoms with Crippen LogP contribution in [-0.4, -0.2) is 29.8 Å². The Kier molecular flexibility index (Phi) is 5.67. The van der Waals surface area contributed by atoms with E-state index in [1.54, 1.807) is 19.2 Å². The maximum atomic E-state index is 12.8. The average Bonchev–Trinajstić information content (AvgIpc) is 2.37. The van der Waals surface area contributed by atoms with Crippen LogP contribution in [0.4, 0.5) is 4.39 Å². The number of carbonyl (C=O) groups is 2. The lowest BCUT2D eigenvalue weighted by Crippen LogP contribution is -2.49. The molecule has 1 N–H and O–H groups in total. The van der Waals surface area contributed by atoms with Gasteiger partial charge < -0.3 is 10.2 Å². The van der Waals surface area contributed by atoms with Gasteiger partial charge in [-0.15, -0.1) is 0 Å². The second-order valence-electron chi connectivity index (χ2n) is 5.24. The molecule has 0 aliphatic rings. The third-order valence-corrected chi connectivity index (χ3v) is 3.00. The Labute approximate surface area is 119 Å². The molecule has 20 heavy (non-hydrogen) atoms. The van der Waals surface area contributed by atoms with Crippen molar-refractivity contribution in [3.05, 3.63) is 35.6 Å². The van der Waals surface area contributed by atoms with Crippen molar-refractivity contribution < 1.29 is 14.0 Å². The molecule has 0 saturated carbocycles. The van der Waals surface area contributed by atoms with Crippen LogP contribution < -0.4 is 5.32 Å². The Morgan fingerprint density at radius 2 is 1.80 bits per heavy atom. The van der Waals surface area contributed by atoms with Gasteiger partial charge in [0.1, 0.15) is 11.9 Å². The summed E-state index contributed by atoms with van der Waals surface area (Å²) in [4.78, 5) is 25.0. The van der Waals surface area contributed by atoms with E-state index in [4.69, 9.17) is 0 Å². The third-order valence-electron chi connectivity index (χ3n) is 3.00. The lowest BCUT2D eigenvalue weighted by atomic mass is 10.0. The summed E-state index contributed by atoms with van der Waals surface area (Å²) in [5, 5.41) is 2.66. The van der Waals surface area contributed by atoms with Crippen LogP contribution in [0.3, 0.4) is 0 Å². The van der Waals surface area contributed by atoms with Crippen LogP contribution in [0, 0.1) is 11.7 Å². The van der Waals surface area contributed by atoms with Crippen molar-refractivity contribution in [1.29, 1.82) is 0 Å². The number of benzene rings is 1. The zero-order valence-corrected chi connectivity index (χ0v) is 12.3. The summed E-state index contributed by atoms with van der Waals surface area (Å²) < 4.78 is 12.8. The molecule has 0 bridgehead atoms. The van der Waals surface area contributed by atoms with Crippen molar-refractivity contribution in [3.8, 4) is 0 Å². The van der Waals surface area contributed by atoms with E-state index < -0.39 is 6.04 Å². The van der Waals surface area contributed by atoms with Crippen LogP contribution >= 0.6 is 0 Å². The molecule has 0 aromatic heterocycles. The lowest BCUT2D eigenvalue weighted by Gasteiger charge is -2.26. The molecule has 1 aromatic carbocycles. The van der Waals surface area contributed by atoms with Gasteiger partial charge in [-0.05, 0) is 23.6 Å². The topological polar surface area (TPSA) is 49.4 Å². The van der Waals surface area contributed by atoms with Crippen LogP contribution in [0.1, 0.15) is 26.3 Å². The zero-order valence-electron chi connectivity index (χ0n) is 12.3. The molecule has 0 aliphatic heterocycles. The zero-order chi connectivity index (χ0) is 15.3. The average molecular weight is 280 g/mol. The van der Waals surface area contributed by atoms with Crippen molar-refractivity contribution in [2.45, 2.75) is 33.4 Å². The minimum atomic E-state index is -0.544. The van der Waals surface area contributed by atoms with Gasteiger partial charge in [-0.3, -0.25) is 9.59 Å². The molecule has 0 fully saturated rings. The fourth-order valence-corrected chi connectivity index (χ4v) is 1.91. The number of likely N-dealkylation sites (N-methyl/N-ethyl adjacent to an activating group) is 1. The molecule has 0 aliphatic carbocycles. The van der Waals surface area contributed by atoms with E-state index in [1.165, 1.54) is 24.0 Å². The van der Waals surface area contributed by atoms with Gasteiger partial charge in [-0.2, -0.15) is 0 Å². The van der Waals surface area contributed by atoms with Crippen molar-refractivity contribution >= 4 is 11.8 Å². The first-order valence-electron chi connectivity index (χ1n) is 6.57. The predicted molar refractivity (Wildman–Crippen MR) is 75.3 cm³/mol. The molecular formula is C15H21FN2O2. The predicted octanol–water partition coefficient (Wildman–Crippen LogP) is 1.94. The van der Waals surface area contributed by atoms with E-state index in [-0.39, 0.29) is 23.5 Å². The van der Waals surface area contributed by atoms with Gasteiger partial charge in [0.2, 0.25) is 11.8 Å². The molecule has 4 nitrogen and oxygen atoms in total. The van der Waals surface area contributed by atoms with Gasteiger partial charge in [0.15, 0.2) is 0 Å². The monoisotopic (exact) mass is 280 g/mol. The number of carbonyl (C=O) groups excluding carboxylic acids is 2. The van der Waals surface area contributed by atoms with E-state index in [1.807, 2.05) is 13.8 Å². The molecule has 0 radical (unpaired) electrons. The van der Waals surface area contributed by atoms with Crippen LogP contribution in [0.25, 0.3) is 0 Å². The third kappa shape index (κ3) is 4.64. The highest BCUT2D eigenvalue weighted by Crippen LogP contribution is 2.10. The molecule has 0 unspecified atom stereocenters. The molecule has 1 rings (SSSR count). The molecule has 1 atom stereocenters. The summed E-state index contributed by atoms with van der Waals surface area (Å²) in [6.45, 7) is 5.53. The minimum absolute atomic E-state index is 0.00191. The van der Waals surface area contributed by atoms with Crippen molar-refractivity contribution in [2.75, 3.05) is 7.05 Å². The van der Waals surface area contributed by atoms with E-state index in [9.17, 15) is 14.0 Å². The number of hydrogen-bond donors (Lipinski definition) is 1. The fraction of sp³-hybridized carbons (Fsp3) is 0.467. The highest BCUT2D eigenvalue weighted by atomic mass is 19.1. The first-order chi connectivity index (χ1) is 9.31. The van der Waals surface area contributed by atoms with Gasteiger partial charge in [0, 0.05) is 20.5 Å². The van der Waals surface area contributed by atoms with E-state index in [0.717, 1.165) is 5.56 Å². The molecule has 110 valence electrons. The van der Waals surface area contributed by atoms with E-state index in [0.29, 0.717) is 6.54 Å². The van der Waals surface area contributed by atoms with Crippen LogP contribution in [0.15, 0.2) is 24.3 Å². The maximum absolute atomic E-state index is 12.8. The summed E-state index contributed by atoms with van der Waals surface area (Å²) >= 11 is 0. The van der Waals surface area contributed by atoms with Crippen LogP contribution in [0.5, 0.6) is 0 Å². The molecule has 2 amide bonds. The van der Waals surface area contributed by atoms with Gasteiger partial charge >= 0.3 is 0 Å². The number of nitrogens with zero attached hydrogens (tertiary/aromatic N) is 1. The van der Waals surface area contributed by atoms with Crippen molar-refractivity contribution in [1.82, 2.24) is 10.2 Å². The van der Waals surface area contributed by atoms with Gasteiger partial charge in [0.25, 0.3) is 0 Å². The van der Waals surface area contributed by atoms with Crippen LogP contribution in [-0.2, 0) is 16.1 Å². The summed E-state index contributed by atoms with van der Waals surface area (Å²) in [6.07, 6.45) is 0. The van der Waals surface area contributed by atoms with Gasteiger partial charge in [-0.1, -0.05) is 26.0 Å². The number of halogens is 1. The maximum Gasteiger partial charge on any atom is 0.245 e. The standard InChI is InChI=1S/C15H21FN2O2/c1-10(2)14(17-11(3)19)15(20)18(4)9-12-5-7-13(16)8-6-12/h5-8,10,14H,9H2,1-4H3,(H,17,19)/t14-/m1/s1. The number of rotatable bonds is 5. The summed E-state index contributed by atoms with van der Waals surface area (Å²) in [5.74, 6) is -0.685. The largest absolute Gasteiger partial charge is 0.344 e. The molecule has 0 saturated heterocycles. The SMILES string of the molecule is CC(=O)N[C@@H](C(=O)N(C)Cc1ccc(F)cc1)C(C)C. The van der Waals surface area contributed by atoms with Crippen molar-refractivity contribution in [3.63, 3.8) is 0 Å². The number of nitrogens with one attached hydrogen (secondary N) is 1. The second kappa shape index (κ2) is 7.03. The second-order valence-corrected chi connectivity index (χ2v) is 5.24. The van der Waals surface area contributed by atoms with E-state index in [2.05, 4.69) is 5.32 Å².